The van der Waals surface area contributed by atoms with Crippen molar-refractivity contribution in [1.82, 2.24) is 0 Å². The number of thiol groups is 1. The first kappa shape index (κ1) is 16.2. The van der Waals surface area contributed by atoms with Crippen LogP contribution in [0.4, 0.5) is 0 Å². The Hall–Kier alpha value is -0.220. The molecule has 4 heteroatoms. The minimum atomic E-state index is -1.13. The second-order valence-electron chi connectivity index (χ2n) is 3.15. The molecule has 0 amide bonds. The van der Waals surface area contributed by atoms with Gasteiger partial charge in [0.25, 0.3) is 0 Å². The van der Waals surface area contributed by atoms with Crippen LogP contribution >= 0.6 is 12.6 Å². The molecular weight excluding hydrogens is 198 g/mol. The average molecular weight is 221 g/mol. The van der Waals surface area contributed by atoms with E-state index in [9.17, 15) is 9.90 Å². The van der Waals surface area contributed by atoms with Crippen molar-refractivity contribution in [3.05, 3.63) is 0 Å². The Morgan fingerprint density at radius 1 is 1.21 bits per heavy atom. The first-order chi connectivity index (χ1) is 6.68. The third-order valence-corrected chi connectivity index (χ3v) is 1.99. The van der Waals surface area contributed by atoms with Gasteiger partial charge in [-0.1, -0.05) is 32.6 Å². The van der Waals surface area contributed by atoms with Crippen LogP contribution in [-0.4, -0.2) is 18.3 Å². The van der Waals surface area contributed by atoms with E-state index in [0.29, 0.717) is 0 Å². The molecule has 0 aromatic heterocycles. The number of carbonyl (C=O) groups excluding carboxylic acids is 1. The second kappa shape index (κ2) is 15.3. The highest BCUT2D eigenvalue weighted by atomic mass is 32.1. The van der Waals surface area contributed by atoms with Crippen molar-refractivity contribution in [2.24, 2.45) is 0 Å². The Kier molecular flexibility index (Phi) is 17.7. The lowest BCUT2D eigenvalue weighted by atomic mass is 10.1. The van der Waals surface area contributed by atoms with Gasteiger partial charge in [0.05, 0.1) is 12.5 Å². The van der Waals surface area contributed by atoms with Gasteiger partial charge in [-0.05, 0) is 12.8 Å². The van der Waals surface area contributed by atoms with Crippen molar-refractivity contribution < 1.29 is 15.6 Å². The minimum absolute atomic E-state index is 0.194. The SMILES string of the molecule is CCCCCCCC[NH3+].O=C([O-])CS. The first-order valence-corrected chi connectivity index (χ1v) is 5.92. The van der Waals surface area contributed by atoms with Gasteiger partial charge in [-0.25, -0.2) is 0 Å². The van der Waals surface area contributed by atoms with Crippen molar-refractivity contribution in [3.63, 3.8) is 0 Å². The first-order valence-electron chi connectivity index (χ1n) is 5.29. The average Bonchev–Trinajstić information content (AvgIpc) is 2.19. The summed E-state index contributed by atoms with van der Waals surface area (Å²) in [6, 6.07) is 0. The zero-order chi connectivity index (χ0) is 11.2. The monoisotopic (exact) mass is 221 g/mol. The van der Waals surface area contributed by atoms with Crippen LogP contribution < -0.4 is 10.8 Å². The van der Waals surface area contributed by atoms with Gasteiger partial charge in [0.2, 0.25) is 0 Å². The standard InChI is InChI=1S/C8H19N.C2H4O2S/c1-2-3-4-5-6-7-8-9;3-2(4)1-5/h2-9H2,1H3;5H,1H2,(H,3,4). The summed E-state index contributed by atoms with van der Waals surface area (Å²) in [5.41, 5.74) is 3.80. The molecule has 3 N–H and O–H groups in total. The molecule has 0 aromatic carbocycles. The fourth-order valence-electron chi connectivity index (χ4n) is 0.957. The second-order valence-corrected chi connectivity index (χ2v) is 3.47. The van der Waals surface area contributed by atoms with Gasteiger partial charge in [-0.15, -0.1) is 0 Å². The molecule has 0 spiro atoms. The minimum Gasteiger partial charge on any atom is -0.549 e. The van der Waals surface area contributed by atoms with E-state index in [1.807, 2.05) is 0 Å². The predicted molar refractivity (Wildman–Crippen MR) is 60.0 cm³/mol. The van der Waals surface area contributed by atoms with Crippen LogP contribution in [0.3, 0.4) is 0 Å². The lowest BCUT2D eigenvalue weighted by molar-refractivity contribution is -0.368. The Morgan fingerprint density at radius 3 is 2.00 bits per heavy atom. The quantitative estimate of drug-likeness (QED) is 0.478. The summed E-state index contributed by atoms with van der Waals surface area (Å²) >= 11 is 3.35. The molecule has 14 heavy (non-hydrogen) atoms. The Balaban J connectivity index is 0. The molecule has 0 rings (SSSR count). The van der Waals surface area contributed by atoms with Crippen LogP contribution in [0.15, 0.2) is 0 Å². The van der Waals surface area contributed by atoms with Crippen LogP contribution in [0.1, 0.15) is 45.4 Å². The molecule has 0 heterocycles. The number of aliphatic carboxylic acids is 1. The lowest BCUT2D eigenvalue weighted by Crippen LogP contribution is -2.50. The van der Waals surface area contributed by atoms with Crippen molar-refractivity contribution >= 4 is 18.6 Å². The molecular formula is C10H23NO2S. The molecule has 3 nitrogen and oxygen atoms in total. The molecule has 0 aliphatic rings. The summed E-state index contributed by atoms with van der Waals surface area (Å²) in [5, 5.41) is 9.18. The molecule has 0 saturated heterocycles. The van der Waals surface area contributed by atoms with Crippen molar-refractivity contribution in [1.29, 1.82) is 0 Å². The van der Waals surface area contributed by atoms with Gasteiger partial charge in [0, 0.05) is 5.75 Å². The van der Waals surface area contributed by atoms with E-state index in [0.717, 1.165) is 6.54 Å². The summed E-state index contributed by atoms with van der Waals surface area (Å²) < 4.78 is 0. The zero-order valence-electron chi connectivity index (χ0n) is 9.13. The van der Waals surface area contributed by atoms with Crippen LogP contribution in [0, 0.1) is 0 Å². The molecule has 0 fully saturated rings. The molecule has 0 atom stereocenters. The zero-order valence-corrected chi connectivity index (χ0v) is 10.0. The predicted octanol–water partition coefficient (Wildman–Crippen LogP) is 0.255. The third-order valence-electron chi connectivity index (χ3n) is 1.73. The van der Waals surface area contributed by atoms with Crippen LogP contribution in [0.25, 0.3) is 0 Å². The highest BCUT2D eigenvalue weighted by molar-refractivity contribution is 7.81. The number of rotatable bonds is 7. The molecule has 0 aliphatic heterocycles. The van der Waals surface area contributed by atoms with E-state index in [2.05, 4.69) is 25.3 Å². The van der Waals surface area contributed by atoms with Gasteiger partial charge < -0.3 is 15.6 Å². The van der Waals surface area contributed by atoms with Crippen molar-refractivity contribution in [2.45, 2.75) is 45.4 Å². The maximum atomic E-state index is 9.18. The maximum absolute atomic E-state index is 9.18. The highest BCUT2D eigenvalue weighted by Crippen LogP contribution is 2.03. The number of quaternary nitrogens is 1. The van der Waals surface area contributed by atoms with Gasteiger partial charge >= 0.3 is 0 Å². The van der Waals surface area contributed by atoms with Crippen LogP contribution in [0.2, 0.25) is 0 Å². The highest BCUT2D eigenvalue weighted by Gasteiger charge is 1.87. The summed E-state index contributed by atoms with van der Waals surface area (Å²) in [5.74, 6) is -1.33. The molecule has 0 aromatic rings. The number of carbonyl (C=O) groups is 1. The van der Waals surface area contributed by atoms with Gasteiger partial charge in [0.15, 0.2) is 0 Å². The third kappa shape index (κ3) is 22.6. The topological polar surface area (TPSA) is 67.8 Å². The summed E-state index contributed by atoms with van der Waals surface area (Å²) in [4.78, 5) is 9.18. The smallest absolute Gasteiger partial charge is 0.0739 e. The fourth-order valence-corrected chi connectivity index (χ4v) is 0.957. The van der Waals surface area contributed by atoms with Crippen molar-refractivity contribution in [2.75, 3.05) is 12.3 Å². The fraction of sp³-hybridized carbons (Fsp3) is 0.900. The molecule has 0 radical (unpaired) electrons. The molecule has 0 bridgehead atoms. The maximum Gasteiger partial charge on any atom is 0.0739 e. The van der Waals surface area contributed by atoms with E-state index < -0.39 is 5.97 Å². The number of unbranched alkanes of at least 4 members (excludes halogenated alkanes) is 5. The number of carboxylic acid groups (broad SMARTS) is 1. The number of hydrogen-bond donors (Lipinski definition) is 2. The Bertz CT molecular complexity index is 115. The number of hydrogen-bond acceptors (Lipinski definition) is 3. The molecule has 0 unspecified atom stereocenters. The van der Waals surface area contributed by atoms with E-state index >= 15 is 0 Å². The van der Waals surface area contributed by atoms with E-state index in [4.69, 9.17) is 0 Å². The Morgan fingerprint density at radius 2 is 1.64 bits per heavy atom. The lowest BCUT2D eigenvalue weighted by Gasteiger charge is -1.95. The van der Waals surface area contributed by atoms with E-state index in [-0.39, 0.29) is 5.75 Å². The molecule has 0 aliphatic carbocycles. The van der Waals surface area contributed by atoms with E-state index in [1.54, 1.807) is 0 Å². The van der Waals surface area contributed by atoms with E-state index in [1.165, 1.54) is 38.5 Å². The molecule has 86 valence electrons. The summed E-state index contributed by atoms with van der Waals surface area (Å²) in [6.45, 7) is 3.37. The normalized spacial score (nSPS) is 9.07. The summed E-state index contributed by atoms with van der Waals surface area (Å²) in [6.07, 6.45) is 8.33. The van der Waals surface area contributed by atoms with Crippen LogP contribution in [0.5, 0.6) is 0 Å². The summed E-state index contributed by atoms with van der Waals surface area (Å²) in [7, 11) is 0. The largest absolute Gasteiger partial charge is 0.549 e. The van der Waals surface area contributed by atoms with Crippen molar-refractivity contribution in [3.8, 4) is 0 Å². The van der Waals surface area contributed by atoms with Gasteiger partial charge in [0.1, 0.15) is 0 Å². The van der Waals surface area contributed by atoms with Gasteiger partial charge in [-0.3, -0.25) is 0 Å². The molecule has 0 saturated carbocycles. The van der Waals surface area contributed by atoms with Crippen LogP contribution in [-0.2, 0) is 4.79 Å². The number of carboxylic acids is 1. The Labute approximate surface area is 92.5 Å². The van der Waals surface area contributed by atoms with Gasteiger partial charge in [-0.2, -0.15) is 12.6 Å².